The second-order valence-electron chi connectivity index (χ2n) is 5.67. The first-order valence-electron chi connectivity index (χ1n) is 7.92. The van der Waals surface area contributed by atoms with Crippen LogP contribution in [0.3, 0.4) is 0 Å². The number of anilines is 1. The Bertz CT molecular complexity index is 652. The molecule has 0 bridgehead atoms. The maximum Gasteiger partial charge on any atom is 0.249 e. The van der Waals surface area contributed by atoms with Crippen molar-refractivity contribution in [3.05, 3.63) is 54.5 Å². The van der Waals surface area contributed by atoms with Crippen molar-refractivity contribution in [1.82, 2.24) is 5.32 Å². The minimum absolute atomic E-state index is 0.0335. The van der Waals surface area contributed by atoms with E-state index in [0.29, 0.717) is 25.8 Å². The van der Waals surface area contributed by atoms with Gasteiger partial charge < -0.3 is 14.6 Å². The highest BCUT2D eigenvalue weighted by Crippen LogP contribution is 2.20. The van der Waals surface area contributed by atoms with Gasteiger partial charge in [0.05, 0.1) is 6.26 Å². The number of rotatable bonds is 5. The summed E-state index contributed by atoms with van der Waals surface area (Å²) in [5.41, 5.74) is 0.882. The molecule has 1 aromatic carbocycles. The van der Waals surface area contributed by atoms with Crippen LogP contribution in [-0.2, 0) is 16.0 Å². The van der Waals surface area contributed by atoms with E-state index in [2.05, 4.69) is 5.32 Å². The Balaban J connectivity index is 1.57. The van der Waals surface area contributed by atoms with E-state index >= 15 is 0 Å². The smallest absolute Gasteiger partial charge is 0.249 e. The summed E-state index contributed by atoms with van der Waals surface area (Å²) in [5, 5.41) is 2.86. The molecule has 1 fully saturated rings. The number of carbonyl (C=O) groups is 2. The average Bonchev–Trinajstić information content (AvgIpc) is 3.09. The first-order chi connectivity index (χ1) is 11.2. The monoisotopic (exact) mass is 312 g/mol. The number of nitrogens with one attached hydrogen (secondary N) is 1. The lowest BCUT2D eigenvalue weighted by Crippen LogP contribution is -2.52. The summed E-state index contributed by atoms with van der Waals surface area (Å²) in [7, 11) is 0. The van der Waals surface area contributed by atoms with Crippen molar-refractivity contribution in [1.29, 1.82) is 0 Å². The first kappa shape index (κ1) is 15.3. The molecule has 2 aromatic rings. The molecule has 0 aliphatic carbocycles. The van der Waals surface area contributed by atoms with Crippen molar-refractivity contribution >= 4 is 17.5 Å². The van der Waals surface area contributed by atoms with Gasteiger partial charge in [-0.3, -0.25) is 9.59 Å². The zero-order chi connectivity index (χ0) is 16.1. The highest BCUT2D eigenvalue weighted by molar-refractivity contribution is 5.99. The second kappa shape index (κ2) is 7.13. The fraction of sp³-hybridized carbons (Fsp3) is 0.333. The van der Waals surface area contributed by atoms with Gasteiger partial charge in [-0.15, -0.1) is 0 Å². The van der Waals surface area contributed by atoms with Gasteiger partial charge in [0, 0.05) is 25.1 Å². The van der Waals surface area contributed by atoms with Crippen molar-refractivity contribution in [2.24, 2.45) is 0 Å². The first-order valence-corrected chi connectivity index (χ1v) is 7.92. The van der Waals surface area contributed by atoms with E-state index in [4.69, 9.17) is 4.42 Å². The van der Waals surface area contributed by atoms with E-state index in [0.717, 1.165) is 17.9 Å². The van der Waals surface area contributed by atoms with Gasteiger partial charge in [-0.1, -0.05) is 18.2 Å². The van der Waals surface area contributed by atoms with Crippen molar-refractivity contribution < 1.29 is 14.0 Å². The molecule has 1 atom stereocenters. The van der Waals surface area contributed by atoms with Crippen LogP contribution in [0.15, 0.2) is 53.1 Å². The molecule has 0 radical (unpaired) electrons. The standard InChI is InChI=1S/C18H20N2O3/c21-17(11-10-15-8-5-13-23-15)19-16-9-4-12-20(18(16)22)14-6-2-1-3-7-14/h1-3,5-8,13,16H,4,9-12H2,(H,19,21)/t16-/m0/s1. The molecule has 2 heterocycles. The molecule has 1 aromatic heterocycles. The Morgan fingerprint density at radius 2 is 2.04 bits per heavy atom. The van der Waals surface area contributed by atoms with Gasteiger partial charge in [0.25, 0.3) is 0 Å². The normalized spacial score (nSPS) is 18.0. The van der Waals surface area contributed by atoms with E-state index in [9.17, 15) is 9.59 Å². The molecule has 1 saturated heterocycles. The number of piperidine rings is 1. The quantitative estimate of drug-likeness (QED) is 0.923. The minimum Gasteiger partial charge on any atom is -0.469 e. The number of aryl methyl sites for hydroxylation is 1. The lowest BCUT2D eigenvalue weighted by atomic mass is 10.0. The molecular weight excluding hydrogens is 292 g/mol. The van der Waals surface area contributed by atoms with Gasteiger partial charge >= 0.3 is 0 Å². The molecule has 0 unspecified atom stereocenters. The predicted octanol–water partition coefficient (Wildman–Crippen LogP) is 2.52. The van der Waals surface area contributed by atoms with Gasteiger partial charge in [0.2, 0.25) is 11.8 Å². The Morgan fingerprint density at radius 3 is 2.78 bits per heavy atom. The average molecular weight is 312 g/mol. The van der Waals surface area contributed by atoms with Gasteiger partial charge in [-0.05, 0) is 37.1 Å². The van der Waals surface area contributed by atoms with Crippen molar-refractivity contribution in [3.63, 3.8) is 0 Å². The molecule has 2 amide bonds. The summed E-state index contributed by atoms with van der Waals surface area (Å²) in [6.45, 7) is 0.696. The minimum atomic E-state index is -0.437. The third kappa shape index (κ3) is 3.80. The Kier molecular flexibility index (Phi) is 4.76. The largest absolute Gasteiger partial charge is 0.469 e. The number of hydrogen-bond donors (Lipinski definition) is 1. The van der Waals surface area contributed by atoms with Crippen LogP contribution in [0.5, 0.6) is 0 Å². The lowest BCUT2D eigenvalue weighted by molar-refractivity contribution is -0.128. The van der Waals surface area contributed by atoms with Crippen molar-refractivity contribution in [2.45, 2.75) is 31.7 Å². The number of furan rings is 1. The molecule has 5 heteroatoms. The van der Waals surface area contributed by atoms with Crippen LogP contribution in [0.25, 0.3) is 0 Å². The second-order valence-corrected chi connectivity index (χ2v) is 5.67. The van der Waals surface area contributed by atoms with Crippen LogP contribution in [0.1, 0.15) is 25.0 Å². The predicted molar refractivity (Wildman–Crippen MR) is 87.0 cm³/mol. The van der Waals surface area contributed by atoms with Gasteiger partial charge in [0.15, 0.2) is 0 Å². The molecule has 1 aliphatic heterocycles. The SMILES string of the molecule is O=C(CCc1ccco1)N[C@H]1CCCN(c2ccccc2)C1=O. The van der Waals surface area contributed by atoms with Crippen LogP contribution in [0.4, 0.5) is 5.69 Å². The molecule has 3 rings (SSSR count). The molecule has 0 spiro atoms. The van der Waals surface area contributed by atoms with Crippen LogP contribution >= 0.6 is 0 Å². The third-order valence-electron chi connectivity index (χ3n) is 4.02. The van der Waals surface area contributed by atoms with Gasteiger partial charge in [-0.2, -0.15) is 0 Å². The number of benzene rings is 1. The van der Waals surface area contributed by atoms with Crippen molar-refractivity contribution in [2.75, 3.05) is 11.4 Å². The van der Waals surface area contributed by atoms with E-state index in [1.807, 2.05) is 36.4 Å². The summed E-state index contributed by atoms with van der Waals surface area (Å²) >= 11 is 0. The molecule has 0 saturated carbocycles. The van der Waals surface area contributed by atoms with Gasteiger partial charge in [0.1, 0.15) is 11.8 Å². The molecular formula is C18H20N2O3. The van der Waals surface area contributed by atoms with Crippen molar-refractivity contribution in [3.8, 4) is 0 Å². The number of amides is 2. The number of hydrogen-bond acceptors (Lipinski definition) is 3. The summed E-state index contributed by atoms with van der Waals surface area (Å²) in [5.74, 6) is 0.629. The summed E-state index contributed by atoms with van der Waals surface area (Å²) in [6.07, 6.45) is 4.03. The summed E-state index contributed by atoms with van der Waals surface area (Å²) < 4.78 is 5.21. The molecule has 1 N–H and O–H groups in total. The summed E-state index contributed by atoms with van der Waals surface area (Å²) in [4.78, 5) is 26.4. The molecule has 120 valence electrons. The van der Waals surface area contributed by atoms with Gasteiger partial charge in [-0.25, -0.2) is 0 Å². The van der Waals surface area contributed by atoms with E-state index in [1.54, 1.807) is 17.2 Å². The number of para-hydroxylation sites is 1. The highest BCUT2D eigenvalue weighted by Gasteiger charge is 2.30. The Labute approximate surface area is 135 Å². The number of carbonyl (C=O) groups excluding carboxylic acids is 2. The number of nitrogens with zero attached hydrogens (tertiary/aromatic N) is 1. The maximum atomic E-state index is 12.6. The fourth-order valence-corrected chi connectivity index (χ4v) is 2.83. The Hall–Kier alpha value is -2.56. The topological polar surface area (TPSA) is 62.6 Å². The fourth-order valence-electron chi connectivity index (χ4n) is 2.83. The molecule has 5 nitrogen and oxygen atoms in total. The van der Waals surface area contributed by atoms with Crippen LogP contribution in [0.2, 0.25) is 0 Å². The lowest BCUT2D eigenvalue weighted by Gasteiger charge is -2.32. The van der Waals surface area contributed by atoms with Crippen LogP contribution < -0.4 is 10.2 Å². The van der Waals surface area contributed by atoms with E-state index in [-0.39, 0.29) is 11.8 Å². The molecule has 1 aliphatic rings. The van der Waals surface area contributed by atoms with E-state index in [1.165, 1.54) is 0 Å². The van der Waals surface area contributed by atoms with E-state index < -0.39 is 6.04 Å². The third-order valence-corrected chi connectivity index (χ3v) is 4.02. The zero-order valence-corrected chi connectivity index (χ0v) is 12.9. The molecule has 23 heavy (non-hydrogen) atoms. The maximum absolute atomic E-state index is 12.6. The van der Waals surface area contributed by atoms with Crippen LogP contribution in [0, 0.1) is 0 Å². The Morgan fingerprint density at radius 1 is 1.22 bits per heavy atom. The highest BCUT2D eigenvalue weighted by atomic mass is 16.3. The van der Waals surface area contributed by atoms with Crippen LogP contribution in [-0.4, -0.2) is 24.4 Å². The zero-order valence-electron chi connectivity index (χ0n) is 12.9. The summed E-state index contributed by atoms with van der Waals surface area (Å²) in [6, 6.07) is 12.8.